The maximum absolute atomic E-state index is 12.4. The predicted molar refractivity (Wildman–Crippen MR) is 102 cm³/mol. The number of rotatable bonds is 6. The average Bonchev–Trinajstić information content (AvgIpc) is 2.69. The Kier molecular flexibility index (Phi) is 5.61. The van der Waals surface area contributed by atoms with Gasteiger partial charge in [-0.2, -0.15) is 5.10 Å². The molecule has 0 atom stereocenters. The van der Waals surface area contributed by atoms with Crippen LogP contribution in [0.3, 0.4) is 0 Å². The number of fused-ring (bicyclic) bond motifs is 1. The standard InChI is InChI=1S/C20H19N3O4/c1-2-11-27-20(26)14-7-9-16(10-8-14)22-18(24)13-23-19(25)17-6-4-3-5-15(17)12-21-23/h3-10,12H,2,11,13H2,1H3,(H,22,24). The molecule has 7 heteroatoms. The third kappa shape index (κ3) is 4.38. The first-order valence-electron chi connectivity index (χ1n) is 8.60. The zero-order chi connectivity index (χ0) is 19.2. The normalized spacial score (nSPS) is 10.6. The van der Waals surface area contributed by atoms with Gasteiger partial charge in [0.25, 0.3) is 5.56 Å². The number of carbonyl (C=O) groups excluding carboxylic acids is 2. The van der Waals surface area contributed by atoms with Crippen molar-refractivity contribution in [1.82, 2.24) is 9.78 Å². The molecule has 2 aromatic carbocycles. The van der Waals surface area contributed by atoms with Gasteiger partial charge in [-0.25, -0.2) is 9.48 Å². The highest BCUT2D eigenvalue weighted by molar-refractivity contribution is 5.93. The summed E-state index contributed by atoms with van der Waals surface area (Å²) < 4.78 is 6.17. The molecule has 1 aromatic heterocycles. The largest absolute Gasteiger partial charge is 0.462 e. The van der Waals surface area contributed by atoms with Gasteiger partial charge in [-0.05, 0) is 36.8 Å². The molecule has 0 unspecified atom stereocenters. The second-order valence-corrected chi connectivity index (χ2v) is 5.96. The number of hydrogen-bond acceptors (Lipinski definition) is 5. The van der Waals surface area contributed by atoms with Crippen molar-refractivity contribution in [2.45, 2.75) is 19.9 Å². The van der Waals surface area contributed by atoms with Gasteiger partial charge < -0.3 is 10.1 Å². The minimum Gasteiger partial charge on any atom is -0.462 e. The van der Waals surface area contributed by atoms with E-state index in [2.05, 4.69) is 10.4 Å². The van der Waals surface area contributed by atoms with E-state index in [0.29, 0.717) is 23.2 Å². The van der Waals surface area contributed by atoms with E-state index >= 15 is 0 Å². The summed E-state index contributed by atoms with van der Waals surface area (Å²) in [7, 11) is 0. The van der Waals surface area contributed by atoms with Crippen LogP contribution in [-0.2, 0) is 16.1 Å². The van der Waals surface area contributed by atoms with Gasteiger partial charge in [0.15, 0.2) is 0 Å². The molecule has 0 bridgehead atoms. The summed E-state index contributed by atoms with van der Waals surface area (Å²) in [4.78, 5) is 36.4. The van der Waals surface area contributed by atoms with E-state index in [1.165, 1.54) is 0 Å². The number of anilines is 1. The molecule has 0 fully saturated rings. The van der Waals surface area contributed by atoms with Gasteiger partial charge in [0.2, 0.25) is 5.91 Å². The monoisotopic (exact) mass is 365 g/mol. The Hall–Kier alpha value is -3.48. The van der Waals surface area contributed by atoms with E-state index in [9.17, 15) is 14.4 Å². The molecule has 27 heavy (non-hydrogen) atoms. The first kappa shape index (κ1) is 18.3. The molecule has 0 saturated carbocycles. The number of benzene rings is 2. The van der Waals surface area contributed by atoms with Crippen LogP contribution in [0.4, 0.5) is 5.69 Å². The molecule has 0 saturated heterocycles. The summed E-state index contributed by atoms with van der Waals surface area (Å²) in [6.07, 6.45) is 2.31. The van der Waals surface area contributed by atoms with Gasteiger partial charge in [0.1, 0.15) is 6.54 Å². The smallest absolute Gasteiger partial charge is 0.338 e. The molecule has 0 spiro atoms. The second-order valence-electron chi connectivity index (χ2n) is 5.96. The zero-order valence-electron chi connectivity index (χ0n) is 14.8. The van der Waals surface area contributed by atoms with Crippen molar-refractivity contribution < 1.29 is 14.3 Å². The maximum atomic E-state index is 12.4. The van der Waals surface area contributed by atoms with E-state index in [1.54, 1.807) is 48.7 Å². The Morgan fingerprint density at radius 1 is 1.11 bits per heavy atom. The minimum absolute atomic E-state index is 0.204. The predicted octanol–water partition coefficient (Wildman–Crippen LogP) is 2.60. The van der Waals surface area contributed by atoms with E-state index < -0.39 is 5.97 Å². The van der Waals surface area contributed by atoms with Crippen molar-refractivity contribution in [3.63, 3.8) is 0 Å². The zero-order valence-corrected chi connectivity index (χ0v) is 14.8. The number of aromatic nitrogens is 2. The first-order chi connectivity index (χ1) is 13.1. The summed E-state index contributed by atoms with van der Waals surface area (Å²) in [5, 5.41) is 7.96. The molecule has 3 rings (SSSR count). The second kappa shape index (κ2) is 8.27. The summed E-state index contributed by atoms with van der Waals surface area (Å²) in [5.41, 5.74) is 0.604. The van der Waals surface area contributed by atoms with Crippen LogP contribution in [0.25, 0.3) is 10.8 Å². The number of carbonyl (C=O) groups is 2. The van der Waals surface area contributed by atoms with Crippen LogP contribution >= 0.6 is 0 Å². The van der Waals surface area contributed by atoms with Gasteiger partial charge in [-0.1, -0.05) is 25.1 Å². The lowest BCUT2D eigenvalue weighted by atomic mass is 10.2. The van der Waals surface area contributed by atoms with Crippen LogP contribution in [0.1, 0.15) is 23.7 Å². The fourth-order valence-electron chi connectivity index (χ4n) is 2.54. The Bertz CT molecular complexity index is 1030. The van der Waals surface area contributed by atoms with Crippen LogP contribution in [0, 0.1) is 0 Å². The van der Waals surface area contributed by atoms with Crippen molar-refractivity contribution in [2.75, 3.05) is 11.9 Å². The van der Waals surface area contributed by atoms with Crippen molar-refractivity contribution in [3.05, 3.63) is 70.6 Å². The van der Waals surface area contributed by atoms with Crippen molar-refractivity contribution in [1.29, 1.82) is 0 Å². The maximum Gasteiger partial charge on any atom is 0.338 e. The number of hydrogen-bond donors (Lipinski definition) is 1. The Balaban J connectivity index is 1.67. The number of amides is 1. The van der Waals surface area contributed by atoms with E-state index in [4.69, 9.17) is 4.74 Å². The topological polar surface area (TPSA) is 90.3 Å². The highest BCUT2D eigenvalue weighted by Gasteiger charge is 2.10. The van der Waals surface area contributed by atoms with Crippen molar-refractivity contribution in [2.24, 2.45) is 0 Å². The molecule has 1 N–H and O–H groups in total. The van der Waals surface area contributed by atoms with Crippen LogP contribution in [0.5, 0.6) is 0 Å². The minimum atomic E-state index is -0.401. The highest BCUT2D eigenvalue weighted by atomic mass is 16.5. The summed E-state index contributed by atoms with van der Waals surface area (Å²) in [6.45, 7) is 2.08. The van der Waals surface area contributed by atoms with Crippen molar-refractivity contribution in [3.8, 4) is 0 Å². The number of ether oxygens (including phenoxy) is 1. The quantitative estimate of drug-likeness (QED) is 0.678. The molecule has 7 nitrogen and oxygen atoms in total. The molecule has 0 aliphatic heterocycles. The number of esters is 1. The Labute approximate surface area is 155 Å². The fraction of sp³-hybridized carbons (Fsp3) is 0.200. The summed E-state index contributed by atoms with van der Waals surface area (Å²) in [6, 6.07) is 13.4. The van der Waals surface area contributed by atoms with Crippen molar-refractivity contribution >= 4 is 28.3 Å². The van der Waals surface area contributed by atoms with Gasteiger partial charge in [0, 0.05) is 11.1 Å². The lowest BCUT2D eigenvalue weighted by molar-refractivity contribution is -0.117. The van der Waals surface area contributed by atoms with Crippen LogP contribution in [-0.4, -0.2) is 28.3 Å². The van der Waals surface area contributed by atoms with Gasteiger partial charge in [0.05, 0.1) is 23.8 Å². The first-order valence-corrected chi connectivity index (χ1v) is 8.60. The Morgan fingerprint density at radius 3 is 2.59 bits per heavy atom. The lowest BCUT2D eigenvalue weighted by Crippen LogP contribution is -2.29. The third-order valence-corrected chi connectivity index (χ3v) is 3.90. The van der Waals surface area contributed by atoms with Crippen LogP contribution in [0.2, 0.25) is 0 Å². The molecule has 1 heterocycles. The summed E-state index contributed by atoms with van der Waals surface area (Å²) in [5.74, 6) is -0.789. The van der Waals surface area contributed by atoms with Crippen LogP contribution in [0.15, 0.2) is 59.5 Å². The SMILES string of the molecule is CCCOC(=O)c1ccc(NC(=O)Cn2ncc3ccccc3c2=O)cc1. The van der Waals surface area contributed by atoms with E-state index in [1.807, 2.05) is 13.0 Å². The average molecular weight is 365 g/mol. The van der Waals surface area contributed by atoms with Crippen LogP contribution < -0.4 is 10.9 Å². The Morgan fingerprint density at radius 2 is 1.85 bits per heavy atom. The molecule has 3 aromatic rings. The molecule has 0 radical (unpaired) electrons. The van der Waals surface area contributed by atoms with E-state index in [0.717, 1.165) is 16.5 Å². The molecule has 1 amide bonds. The van der Waals surface area contributed by atoms with Gasteiger partial charge in [-0.15, -0.1) is 0 Å². The molecule has 0 aliphatic carbocycles. The van der Waals surface area contributed by atoms with E-state index in [-0.39, 0.29) is 18.0 Å². The number of nitrogens with zero attached hydrogens (tertiary/aromatic N) is 2. The highest BCUT2D eigenvalue weighted by Crippen LogP contribution is 2.11. The fourth-order valence-corrected chi connectivity index (χ4v) is 2.54. The molecule has 138 valence electrons. The van der Waals surface area contributed by atoms with Gasteiger partial charge in [-0.3, -0.25) is 9.59 Å². The molecular formula is C20H19N3O4. The molecular weight excluding hydrogens is 346 g/mol. The lowest BCUT2D eigenvalue weighted by Gasteiger charge is -2.08. The third-order valence-electron chi connectivity index (χ3n) is 3.90. The summed E-state index contributed by atoms with van der Waals surface area (Å²) >= 11 is 0. The number of nitrogens with one attached hydrogen (secondary N) is 1. The van der Waals surface area contributed by atoms with Gasteiger partial charge >= 0.3 is 5.97 Å². The molecule has 0 aliphatic rings.